The average Bonchev–Trinajstić information content (AvgIpc) is 2.77. The summed E-state index contributed by atoms with van der Waals surface area (Å²) >= 11 is 6.21. The van der Waals surface area contributed by atoms with Crippen LogP contribution in [0.15, 0.2) is 65.6 Å². The fourth-order valence-corrected chi connectivity index (χ4v) is 4.69. The van der Waals surface area contributed by atoms with Crippen molar-refractivity contribution in [3.05, 3.63) is 82.4 Å². The highest BCUT2D eigenvalue weighted by Gasteiger charge is 2.18. The summed E-state index contributed by atoms with van der Waals surface area (Å²) in [6.45, 7) is 4.22. The Kier molecular flexibility index (Phi) is 7.97. The van der Waals surface area contributed by atoms with Crippen LogP contribution in [0.1, 0.15) is 21.5 Å². The Balaban J connectivity index is 1.74. The fourth-order valence-electron chi connectivity index (χ4n) is 3.07. The van der Waals surface area contributed by atoms with Crippen molar-refractivity contribution in [2.24, 2.45) is 0 Å². The molecule has 33 heavy (non-hydrogen) atoms. The summed E-state index contributed by atoms with van der Waals surface area (Å²) in [6, 6.07) is 16.4. The Morgan fingerprint density at radius 2 is 1.73 bits per heavy atom. The highest BCUT2D eigenvalue weighted by Crippen LogP contribution is 2.33. The van der Waals surface area contributed by atoms with Gasteiger partial charge in [0.05, 0.1) is 22.2 Å². The number of hydrogen-bond donors (Lipinski definition) is 2. The van der Waals surface area contributed by atoms with E-state index in [1.54, 1.807) is 44.4 Å². The lowest BCUT2D eigenvalue weighted by Crippen LogP contribution is -2.16. The van der Waals surface area contributed by atoms with Gasteiger partial charge < -0.3 is 14.8 Å². The Morgan fingerprint density at radius 1 is 1.00 bits per heavy atom. The van der Waals surface area contributed by atoms with Crippen molar-refractivity contribution >= 4 is 38.9 Å². The number of anilines is 2. The van der Waals surface area contributed by atoms with Gasteiger partial charge in [-0.3, -0.25) is 9.52 Å². The van der Waals surface area contributed by atoms with Crippen LogP contribution in [0.3, 0.4) is 0 Å². The molecule has 0 aromatic heterocycles. The van der Waals surface area contributed by atoms with Gasteiger partial charge in [0, 0.05) is 18.4 Å². The first-order chi connectivity index (χ1) is 15.7. The molecule has 0 aliphatic rings. The van der Waals surface area contributed by atoms with Crippen molar-refractivity contribution in [1.82, 2.24) is 0 Å². The summed E-state index contributed by atoms with van der Waals surface area (Å²) in [5, 5.41) is 3.14. The van der Waals surface area contributed by atoms with Gasteiger partial charge in [0.2, 0.25) is 0 Å². The predicted molar refractivity (Wildman–Crippen MR) is 130 cm³/mol. The number of ether oxygens (including phenoxy) is 2. The quantitative estimate of drug-likeness (QED) is 0.412. The van der Waals surface area contributed by atoms with Crippen LogP contribution in [0.2, 0.25) is 5.02 Å². The van der Waals surface area contributed by atoms with Crippen LogP contribution in [-0.4, -0.2) is 34.6 Å². The molecule has 0 saturated carbocycles. The van der Waals surface area contributed by atoms with Crippen LogP contribution >= 0.6 is 11.6 Å². The second kappa shape index (κ2) is 10.7. The molecule has 7 nitrogen and oxygen atoms in total. The van der Waals surface area contributed by atoms with Gasteiger partial charge in [-0.2, -0.15) is 0 Å². The van der Waals surface area contributed by atoms with Crippen molar-refractivity contribution in [2.75, 3.05) is 30.4 Å². The summed E-state index contributed by atoms with van der Waals surface area (Å²) in [5.41, 5.74) is 2.60. The highest BCUT2D eigenvalue weighted by atomic mass is 35.5. The van der Waals surface area contributed by atoms with E-state index in [4.69, 9.17) is 21.1 Å². The first-order valence-corrected chi connectivity index (χ1v) is 12.0. The molecule has 174 valence electrons. The lowest BCUT2D eigenvalue weighted by molar-refractivity contribution is 0.102. The number of hydrogen-bond acceptors (Lipinski definition) is 5. The zero-order valence-corrected chi connectivity index (χ0v) is 20.1. The summed E-state index contributed by atoms with van der Waals surface area (Å²) in [7, 11) is -2.20. The average molecular weight is 489 g/mol. The van der Waals surface area contributed by atoms with Crippen LogP contribution in [-0.2, 0) is 14.8 Å². The minimum Gasteiger partial charge on any atom is -0.487 e. The number of methoxy groups -OCH3 is 1. The van der Waals surface area contributed by atoms with Crippen LogP contribution in [0, 0.1) is 13.8 Å². The molecule has 0 spiro atoms. The smallest absolute Gasteiger partial charge is 0.262 e. The van der Waals surface area contributed by atoms with E-state index in [2.05, 4.69) is 10.0 Å². The fraction of sp³-hybridized carbons (Fsp3) is 0.208. The molecular formula is C24H25ClN2O5S. The van der Waals surface area contributed by atoms with Crippen LogP contribution in [0.5, 0.6) is 5.75 Å². The van der Waals surface area contributed by atoms with Gasteiger partial charge >= 0.3 is 0 Å². The minimum absolute atomic E-state index is 0.214. The number of carbonyl (C=O) groups is 1. The molecule has 0 saturated heterocycles. The van der Waals surface area contributed by atoms with Crippen molar-refractivity contribution in [3.8, 4) is 5.75 Å². The Hall–Kier alpha value is -3.07. The van der Waals surface area contributed by atoms with Crippen molar-refractivity contribution in [3.63, 3.8) is 0 Å². The molecule has 0 atom stereocenters. The Bertz CT molecular complexity index is 1240. The van der Waals surface area contributed by atoms with E-state index in [1.165, 1.54) is 24.3 Å². The van der Waals surface area contributed by atoms with Gasteiger partial charge in [0.25, 0.3) is 15.9 Å². The molecule has 9 heteroatoms. The highest BCUT2D eigenvalue weighted by molar-refractivity contribution is 7.92. The summed E-state index contributed by atoms with van der Waals surface area (Å²) in [6.07, 6.45) is 0. The zero-order valence-electron chi connectivity index (χ0n) is 18.5. The first kappa shape index (κ1) is 24.6. The number of aryl methyl sites for hydroxylation is 2. The molecule has 0 radical (unpaired) electrons. The standard InChI is InChI=1S/C24H25ClN2O5S/c1-16-7-8-17(2)22(15-16)33(29,30)27-19-11-9-18(10-12-19)24(28)26-21-6-4-5-20(25)23(21)32-14-13-31-3/h4-12,15,27H,13-14H2,1-3H3,(H,26,28). The number of rotatable bonds is 9. The maximum atomic E-state index is 12.8. The number of benzene rings is 3. The third-order valence-electron chi connectivity index (χ3n) is 4.78. The van der Waals surface area contributed by atoms with Crippen LogP contribution in [0.25, 0.3) is 0 Å². The van der Waals surface area contributed by atoms with Gasteiger partial charge in [-0.25, -0.2) is 8.42 Å². The maximum Gasteiger partial charge on any atom is 0.262 e. The monoisotopic (exact) mass is 488 g/mol. The number of sulfonamides is 1. The number of amides is 1. The number of carbonyl (C=O) groups excluding carboxylic acids is 1. The molecule has 0 aliphatic heterocycles. The normalized spacial score (nSPS) is 11.2. The maximum absolute atomic E-state index is 12.8. The van der Waals surface area contributed by atoms with E-state index in [9.17, 15) is 13.2 Å². The predicted octanol–water partition coefficient (Wildman–Crippen LogP) is 5.04. The molecule has 2 N–H and O–H groups in total. The molecular weight excluding hydrogens is 464 g/mol. The molecule has 0 heterocycles. The molecule has 0 unspecified atom stereocenters. The van der Waals surface area contributed by atoms with E-state index in [0.29, 0.717) is 39.9 Å². The van der Waals surface area contributed by atoms with Crippen LogP contribution in [0.4, 0.5) is 11.4 Å². The summed E-state index contributed by atoms with van der Waals surface area (Å²) in [4.78, 5) is 12.9. The minimum atomic E-state index is -3.76. The molecule has 3 aromatic rings. The lowest BCUT2D eigenvalue weighted by atomic mass is 10.2. The Labute approximate surface area is 198 Å². The Morgan fingerprint density at radius 3 is 2.42 bits per heavy atom. The van der Waals surface area contributed by atoms with Crippen LogP contribution < -0.4 is 14.8 Å². The van der Waals surface area contributed by atoms with Crippen molar-refractivity contribution in [2.45, 2.75) is 18.7 Å². The molecule has 0 aliphatic carbocycles. The summed E-state index contributed by atoms with van der Waals surface area (Å²) < 4.78 is 38.7. The lowest BCUT2D eigenvalue weighted by Gasteiger charge is -2.14. The molecule has 3 aromatic carbocycles. The van der Waals surface area contributed by atoms with Crippen molar-refractivity contribution < 1.29 is 22.7 Å². The van der Waals surface area contributed by atoms with E-state index >= 15 is 0 Å². The number of nitrogens with one attached hydrogen (secondary N) is 2. The first-order valence-electron chi connectivity index (χ1n) is 10.1. The second-order valence-electron chi connectivity index (χ2n) is 7.36. The molecule has 0 fully saturated rings. The zero-order chi connectivity index (χ0) is 24.0. The van der Waals surface area contributed by atoms with E-state index in [0.717, 1.165) is 5.56 Å². The SMILES string of the molecule is COCCOc1c(Cl)cccc1NC(=O)c1ccc(NS(=O)(=O)c2cc(C)ccc2C)cc1. The topological polar surface area (TPSA) is 93.7 Å². The molecule has 0 bridgehead atoms. The van der Waals surface area contributed by atoms with E-state index in [1.807, 2.05) is 13.0 Å². The van der Waals surface area contributed by atoms with Gasteiger partial charge in [-0.15, -0.1) is 0 Å². The third-order valence-corrected chi connectivity index (χ3v) is 6.60. The third kappa shape index (κ3) is 6.25. The second-order valence-corrected chi connectivity index (χ2v) is 9.42. The number of halogens is 1. The molecule has 1 amide bonds. The van der Waals surface area contributed by atoms with Gasteiger partial charge in [-0.1, -0.05) is 29.8 Å². The van der Waals surface area contributed by atoms with Gasteiger partial charge in [0.15, 0.2) is 5.75 Å². The largest absolute Gasteiger partial charge is 0.487 e. The van der Waals surface area contributed by atoms with Crippen molar-refractivity contribution in [1.29, 1.82) is 0 Å². The molecule has 3 rings (SSSR count). The van der Waals surface area contributed by atoms with Gasteiger partial charge in [-0.05, 0) is 67.4 Å². The number of para-hydroxylation sites is 1. The van der Waals surface area contributed by atoms with Gasteiger partial charge in [0.1, 0.15) is 6.61 Å². The van der Waals surface area contributed by atoms with E-state index < -0.39 is 15.9 Å². The summed E-state index contributed by atoms with van der Waals surface area (Å²) in [5.74, 6) is -0.0414. The van der Waals surface area contributed by atoms with E-state index in [-0.39, 0.29) is 11.5 Å².